The summed E-state index contributed by atoms with van der Waals surface area (Å²) in [6, 6.07) is 5.16. The molecule has 1 aromatic heterocycles. The number of hydrogen-bond acceptors (Lipinski definition) is 1. The van der Waals surface area contributed by atoms with Crippen LogP contribution in [0.2, 0.25) is 0 Å². The molecule has 2 aromatic rings. The maximum absolute atomic E-state index is 13.9. The average molecular weight is 309 g/mol. The van der Waals surface area contributed by atoms with Crippen molar-refractivity contribution in [1.29, 1.82) is 0 Å². The number of fused-ring (bicyclic) bond motifs is 1. The van der Waals surface area contributed by atoms with Crippen LogP contribution in [0, 0.1) is 17.7 Å². The number of aromatic nitrogens is 2. The molecule has 1 heterocycles. The number of imidazole rings is 1. The first kappa shape index (κ1) is 14.8. The molecule has 3 rings (SSSR count). The van der Waals surface area contributed by atoms with Crippen LogP contribution in [0.5, 0.6) is 0 Å². The molecule has 0 spiro atoms. The highest BCUT2D eigenvalue weighted by Gasteiger charge is 2.22. The van der Waals surface area contributed by atoms with Gasteiger partial charge in [-0.1, -0.05) is 32.3 Å². The van der Waals surface area contributed by atoms with Crippen molar-refractivity contribution in [1.82, 2.24) is 9.55 Å². The monoisotopic (exact) mass is 308 g/mol. The van der Waals surface area contributed by atoms with E-state index in [9.17, 15) is 4.39 Å². The summed E-state index contributed by atoms with van der Waals surface area (Å²) in [4.78, 5) is 4.38. The molecule has 2 nitrogen and oxygen atoms in total. The summed E-state index contributed by atoms with van der Waals surface area (Å²) in [6.07, 6.45) is 6.44. The van der Waals surface area contributed by atoms with Gasteiger partial charge in [0.25, 0.3) is 0 Å². The molecule has 0 bridgehead atoms. The summed E-state index contributed by atoms with van der Waals surface area (Å²) in [5.74, 6) is 2.42. The van der Waals surface area contributed by atoms with Gasteiger partial charge >= 0.3 is 0 Å². The van der Waals surface area contributed by atoms with E-state index in [1.54, 1.807) is 6.07 Å². The fourth-order valence-corrected chi connectivity index (χ4v) is 3.75. The normalized spacial score (nSPS) is 22.8. The minimum atomic E-state index is -0.257. The predicted octanol–water partition coefficient (Wildman–Crippen LogP) is 5.13. The molecule has 0 unspecified atom stereocenters. The van der Waals surface area contributed by atoms with Crippen LogP contribution >= 0.6 is 11.6 Å². The highest BCUT2D eigenvalue weighted by molar-refractivity contribution is 6.16. The first-order valence-electron chi connectivity index (χ1n) is 7.92. The highest BCUT2D eigenvalue weighted by atomic mass is 35.5. The molecule has 114 valence electrons. The molecule has 0 atom stereocenters. The third-order valence-corrected chi connectivity index (χ3v) is 5.15. The summed E-state index contributed by atoms with van der Waals surface area (Å²) < 4.78 is 16.0. The average Bonchev–Trinajstić information content (AvgIpc) is 2.87. The minimum Gasteiger partial charge on any atom is -0.327 e. The maximum Gasteiger partial charge on any atom is 0.151 e. The van der Waals surface area contributed by atoms with Gasteiger partial charge in [0.15, 0.2) is 5.82 Å². The van der Waals surface area contributed by atoms with Crippen molar-refractivity contribution in [3.8, 4) is 0 Å². The third kappa shape index (κ3) is 2.94. The van der Waals surface area contributed by atoms with E-state index in [1.165, 1.54) is 38.2 Å². The second kappa shape index (κ2) is 6.35. The Hall–Kier alpha value is -1.09. The minimum absolute atomic E-state index is 0.257. The largest absolute Gasteiger partial charge is 0.327 e. The van der Waals surface area contributed by atoms with Gasteiger partial charge in [-0.15, -0.1) is 11.6 Å². The predicted molar refractivity (Wildman–Crippen MR) is 85.0 cm³/mol. The summed E-state index contributed by atoms with van der Waals surface area (Å²) in [7, 11) is 0. The molecule has 1 aliphatic rings. The molecule has 0 saturated heterocycles. The van der Waals surface area contributed by atoms with Crippen molar-refractivity contribution in [2.75, 3.05) is 0 Å². The zero-order chi connectivity index (χ0) is 14.8. The van der Waals surface area contributed by atoms with E-state index in [4.69, 9.17) is 11.6 Å². The molecule has 21 heavy (non-hydrogen) atoms. The van der Waals surface area contributed by atoms with Crippen LogP contribution in [0.1, 0.15) is 44.9 Å². The van der Waals surface area contributed by atoms with Crippen molar-refractivity contribution in [3.05, 3.63) is 29.8 Å². The Labute approximate surface area is 130 Å². The van der Waals surface area contributed by atoms with Crippen molar-refractivity contribution < 1.29 is 4.39 Å². The SMILES string of the molecule is CCC1CCC(Cn2c(CCl)nc3c(F)cccc32)CC1. The van der Waals surface area contributed by atoms with Gasteiger partial charge in [-0.25, -0.2) is 9.37 Å². The Morgan fingerprint density at radius 2 is 1.95 bits per heavy atom. The molecule has 1 aromatic carbocycles. The van der Waals surface area contributed by atoms with Crippen LogP contribution in [0.3, 0.4) is 0 Å². The highest BCUT2D eigenvalue weighted by Crippen LogP contribution is 2.33. The number of alkyl halides is 1. The standard InChI is InChI=1S/C17H22ClFN2/c1-2-12-6-8-13(9-7-12)11-21-15-5-3-4-14(19)17(15)20-16(21)10-18/h3-5,12-13H,2,6-11H2,1H3. The Kier molecular flexibility index (Phi) is 4.48. The van der Waals surface area contributed by atoms with Crippen molar-refractivity contribution in [3.63, 3.8) is 0 Å². The fraction of sp³-hybridized carbons (Fsp3) is 0.588. The Morgan fingerprint density at radius 1 is 1.24 bits per heavy atom. The Bertz CT molecular complexity index is 615. The van der Waals surface area contributed by atoms with E-state index < -0.39 is 0 Å². The van der Waals surface area contributed by atoms with Crippen LogP contribution in [-0.2, 0) is 12.4 Å². The van der Waals surface area contributed by atoms with Gasteiger partial charge in [-0.2, -0.15) is 0 Å². The summed E-state index contributed by atoms with van der Waals surface area (Å²) >= 11 is 6.01. The third-order valence-electron chi connectivity index (χ3n) is 4.91. The van der Waals surface area contributed by atoms with Crippen LogP contribution in [-0.4, -0.2) is 9.55 Å². The number of nitrogens with zero attached hydrogens (tertiary/aromatic N) is 2. The smallest absolute Gasteiger partial charge is 0.151 e. The molecular weight excluding hydrogens is 287 g/mol. The molecule has 1 aliphatic carbocycles. The Morgan fingerprint density at radius 3 is 2.62 bits per heavy atom. The van der Waals surface area contributed by atoms with Crippen LogP contribution in [0.25, 0.3) is 11.0 Å². The molecule has 0 amide bonds. The quantitative estimate of drug-likeness (QED) is 0.716. The molecule has 4 heteroatoms. The van der Waals surface area contributed by atoms with E-state index in [2.05, 4.69) is 16.5 Å². The topological polar surface area (TPSA) is 17.8 Å². The van der Waals surface area contributed by atoms with Gasteiger partial charge in [0, 0.05) is 6.54 Å². The first-order chi connectivity index (χ1) is 10.2. The second-order valence-electron chi connectivity index (χ2n) is 6.17. The molecule has 1 saturated carbocycles. The lowest BCUT2D eigenvalue weighted by Gasteiger charge is -2.28. The van der Waals surface area contributed by atoms with Crippen LogP contribution < -0.4 is 0 Å². The second-order valence-corrected chi connectivity index (χ2v) is 6.44. The Balaban J connectivity index is 1.85. The van der Waals surface area contributed by atoms with Gasteiger partial charge in [-0.3, -0.25) is 0 Å². The van der Waals surface area contributed by atoms with Gasteiger partial charge in [0.1, 0.15) is 11.3 Å². The molecule has 0 aliphatic heterocycles. The zero-order valence-corrected chi connectivity index (χ0v) is 13.2. The maximum atomic E-state index is 13.9. The lowest BCUT2D eigenvalue weighted by atomic mass is 9.81. The number of hydrogen-bond donors (Lipinski definition) is 0. The molecule has 0 N–H and O–H groups in total. The van der Waals surface area contributed by atoms with E-state index >= 15 is 0 Å². The van der Waals surface area contributed by atoms with Crippen LogP contribution in [0.4, 0.5) is 4.39 Å². The van der Waals surface area contributed by atoms with E-state index in [-0.39, 0.29) is 5.82 Å². The molecule has 0 radical (unpaired) electrons. The van der Waals surface area contributed by atoms with Gasteiger partial charge in [0.2, 0.25) is 0 Å². The van der Waals surface area contributed by atoms with Gasteiger partial charge in [0.05, 0.1) is 11.4 Å². The number of rotatable bonds is 4. The van der Waals surface area contributed by atoms with Crippen molar-refractivity contribution >= 4 is 22.6 Å². The lowest BCUT2D eigenvalue weighted by Crippen LogP contribution is -2.19. The van der Waals surface area contributed by atoms with Gasteiger partial charge < -0.3 is 4.57 Å². The number of para-hydroxylation sites is 1. The first-order valence-corrected chi connectivity index (χ1v) is 8.46. The number of benzene rings is 1. The van der Waals surface area contributed by atoms with E-state index in [0.717, 1.165) is 23.8 Å². The molecule has 1 fully saturated rings. The summed E-state index contributed by atoms with van der Waals surface area (Å²) in [5, 5.41) is 0. The van der Waals surface area contributed by atoms with Crippen molar-refractivity contribution in [2.45, 2.75) is 51.5 Å². The fourth-order valence-electron chi connectivity index (χ4n) is 3.55. The van der Waals surface area contributed by atoms with E-state index in [1.807, 2.05) is 6.07 Å². The van der Waals surface area contributed by atoms with Gasteiger partial charge in [-0.05, 0) is 36.8 Å². The number of halogens is 2. The molecular formula is C17H22ClFN2. The zero-order valence-electron chi connectivity index (χ0n) is 12.5. The summed E-state index contributed by atoms with van der Waals surface area (Å²) in [6.45, 7) is 3.20. The summed E-state index contributed by atoms with van der Waals surface area (Å²) in [5.41, 5.74) is 1.33. The van der Waals surface area contributed by atoms with E-state index in [0.29, 0.717) is 17.3 Å². The lowest BCUT2D eigenvalue weighted by molar-refractivity contribution is 0.248. The van der Waals surface area contributed by atoms with Crippen LogP contribution in [0.15, 0.2) is 18.2 Å². The van der Waals surface area contributed by atoms with Crippen molar-refractivity contribution in [2.24, 2.45) is 11.8 Å².